The van der Waals surface area contributed by atoms with E-state index in [9.17, 15) is 18.3 Å². The van der Waals surface area contributed by atoms with Gasteiger partial charge in [-0.15, -0.1) is 0 Å². The monoisotopic (exact) mass is 200 g/mol. The average molecular weight is 200 g/mol. The molecular formula is C8H15F3O2. The Balaban J connectivity index is 3.75. The van der Waals surface area contributed by atoms with Crippen LogP contribution in [0.4, 0.5) is 13.2 Å². The van der Waals surface area contributed by atoms with Crippen molar-refractivity contribution in [3.63, 3.8) is 0 Å². The van der Waals surface area contributed by atoms with Crippen LogP contribution in [-0.2, 0) is 4.74 Å². The van der Waals surface area contributed by atoms with Crippen molar-refractivity contribution in [1.82, 2.24) is 0 Å². The number of hydrogen-bond acceptors (Lipinski definition) is 2. The first-order valence-electron chi connectivity index (χ1n) is 4.14. The van der Waals surface area contributed by atoms with E-state index in [1.807, 2.05) is 0 Å². The summed E-state index contributed by atoms with van der Waals surface area (Å²) in [4.78, 5) is 0. The molecule has 0 bridgehead atoms. The Labute approximate surface area is 75.7 Å². The Bertz CT molecular complexity index is 143. The van der Waals surface area contributed by atoms with Gasteiger partial charge in [0.2, 0.25) is 0 Å². The summed E-state index contributed by atoms with van der Waals surface area (Å²) in [6, 6.07) is 0. The first-order chi connectivity index (χ1) is 5.77. The number of halogens is 3. The summed E-state index contributed by atoms with van der Waals surface area (Å²) in [6.45, 7) is 3.40. The summed E-state index contributed by atoms with van der Waals surface area (Å²) < 4.78 is 40.1. The summed E-state index contributed by atoms with van der Waals surface area (Å²) in [6.07, 6.45) is -5.51. The zero-order valence-corrected chi connectivity index (χ0v) is 7.82. The van der Waals surface area contributed by atoms with Gasteiger partial charge in [-0.05, 0) is 20.3 Å². The predicted molar refractivity (Wildman–Crippen MR) is 42.4 cm³/mol. The van der Waals surface area contributed by atoms with E-state index >= 15 is 0 Å². The van der Waals surface area contributed by atoms with Crippen molar-refractivity contribution in [2.75, 3.05) is 13.2 Å². The van der Waals surface area contributed by atoms with E-state index in [2.05, 4.69) is 0 Å². The third-order valence-electron chi connectivity index (χ3n) is 1.56. The van der Waals surface area contributed by atoms with Gasteiger partial charge in [0.15, 0.2) is 0 Å². The van der Waals surface area contributed by atoms with Crippen LogP contribution in [0.5, 0.6) is 0 Å². The third-order valence-corrected chi connectivity index (χ3v) is 1.56. The smallest absolute Gasteiger partial charge is 0.388 e. The first kappa shape index (κ1) is 12.7. The Morgan fingerprint density at radius 3 is 2.15 bits per heavy atom. The molecule has 13 heavy (non-hydrogen) atoms. The highest BCUT2D eigenvalue weighted by molar-refractivity contribution is 4.73. The van der Waals surface area contributed by atoms with Gasteiger partial charge in [0, 0.05) is 13.0 Å². The molecule has 0 spiro atoms. The van der Waals surface area contributed by atoms with Crippen LogP contribution >= 0.6 is 0 Å². The van der Waals surface area contributed by atoms with Crippen molar-refractivity contribution in [3.05, 3.63) is 0 Å². The molecule has 0 saturated heterocycles. The summed E-state index contributed by atoms with van der Waals surface area (Å²) in [5.74, 6) is 0. The number of ether oxygens (including phenoxy) is 1. The standard InChI is InChI=1S/C8H15F3O2/c1-3-13-6-7(2,12)4-5-8(9,10)11/h12H,3-6H2,1-2H3. The van der Waals surface area contributed by atoms with Crippen LogP contribution in [0.3, 0.4) is 0 Å². The van der Waals surface area contributed by atoms with E-state index in [0.29, 0.717) is 6.61 Å². The van der Waals surface area contributed by atoms with E-state index < -0.39 is 18.2 Å². The molecule has 1 unspecified atom stereocenters. The largest absolute Gasteiger partial charge is 0.389 e. The fraction of sp³-hybridized carbons (Fsp3) is 1.00. The molecule has 0 aromatic rings. The Hall–Kier alpha value is -0.290. The molecule has 5 heteroatoms. The zero-order chi connectivity index (χ0) is 10.5. The fourth-order valence-corrected chi connectivity index (χ4v) is 0.805. The van der Waals surface area contributed by atoms with Crippen LogP contribution in [-0.4, -0.2) is 30.1 Å². The topological polar surface area (TPSA) is 29.5 Å². The van der Waals surface area contributed by atoms with Gasteiger partial charge in [-0.2, -0.15) is 13.2 Å². The summed E-state index contributed by atoms with van der Waals surface area (Å²) in [7, 11) is 0. The van der Waals surface area contributed by atoms with Crippen molar-refractivity contribution >= 4 is 0 Å². The molecule has 0 aliphatic rings. The molecule has 0 aliphatic heterocycles. The van der Waals surface area contributed by atoms with Crippen LogP contribution in [0.15, 0.2) is 0 Å². The van der Waals surface area contributed by atoms with Gasteiger partial charge in [0.25, 0.3) is 0 Å². The molecule has 0 rings (SSSR count). The van der Waals surface area contributed by atoms with Gasteiger partial charge in [-0.1, -0.05) is 0 Å². The van der Waals surface area contributed by atoms with Gasteiger partial charge < -0.3 is 9.84 Å². The quantitative estimate of drug-likeness (QED) is 0.736. The predicted octanol–water partition coefficient (Wildman–Crippen LogP) is 2.12. The zero-order valence-electron chi connectivity index (χ0n) is 7.82. The fourth-order valence-electron chi connectivity index (χ4n) is 0.805. The van der Waals surface area contributed by atoms with Crippen LogP contribution in [0.25, 0.3) is 0 Å². The summed E-state index contributed by atoms with van der Waals surface area (Å²) in [5, 5.41) is 9.38. The van der Waals surface area contributed by atoms with Gasteiger partial charge in [-0.3, -0.25) is 0 Å². The second-order valence-electron chi connectivity index (χ2n) is 3.25. The highest BCUT2D eigenvalue weighted by Crippen LogP contribution is 2.25. The summed E-state index contributed by atoms with van der Waals surface area (Å²) in [5.41, 5.74) is -1.38. The maximum atomic E-state index is 11.8. The number of aliphatic hydroxyl groups is 1. The van der Waals surface area contributed by atoms with E-state index in [1.165, 1.54) is 6.92 Å². The summed E-state index contributed by atoms with van der Waals surface area (Å²) >= 11 is 0. The lowest BCUT2D eigenvalue weighted by molar-refractivity contribution is -0.150. The lowest BCUT2D eigenvalue weighted by atomic mass is 10.0. The molecule has 1 N–H and O–H groups in total. The van der Waals surface area contributed by atoms with Gasteiger partial charge in [-0.25, -0.2) is 0 Å². The average Bonchev–Trinajstić information content (AvgIpc) is 1.97. The van der Waals surface area contributed by atoms with Gasteiger partial charge >= 0.3 is 6.18 Å². The van der Waals surface area contributed by atoms with E-state index in [-0.39, 0.29) is 13.0 Å². The minimum atomic E-state index is -4.21. The van der Waals surface area contributed by atoms with E-state index in [4.69, 9.17) is 4.74 Å². The maximum absolute atomic E-state index is 11.8. The van der Waals surface area contributed by atoms with Gasteiger partial charge in [0.1, 0.15) is 0 Å². The Kier molecular flexibility index (Phi) is 4.70. The molecule has 0 fully saturated rings. The van der Waals surface area contributed by atoms with Crippen LogP contribution in [0, 0.1) is 0 Å². The highest BCUT2D eigenvalue weighted by Gasteiger charge is 2.32. The lowest BCUT2D eigenvalue weighted by Gasteiger charge is -2.23. The minimum absolute atomic E-state index is 0.0560. The third kappa shape index (κ3) is 8.05. The normalized spacial score (nSPS) is 17.1. The van der Waals surface area contributed by atoms with Crippen LogP contribution < -0.4 is 0 Å². The van der Waals surface area contributed by atoms with E-state index in [1.54, 1.807) is 6.92 Å². The number of alkyl halides is 3. The second kappa shape index (κ2) is 4.81. The molecule has 0 saturated carbocycles. The molecule has 0 aliphatic carbocycles. The van der Waals surface area contributed by atoms with Crippen molar-refractivity contribution in [1.29, 1.82) is 0 Å². The molecule has 80 valence electrons. The molecule has 2 nitrogen and oxygen atoms in total. The molecule has 1 atom stereocenters. The molecule has 0 amide bonds. The first-order valence-corrected chi connectivity index (χ1v) is 4.14. The van der Waals surface area contributed by atoms with Gasteiger partial charge in [0.05, 0.1) is 12.2 Å². The Morgan fingerprint density at radius 2 is 1.77 bits per heavy atom. The molecule has 0 aromatic heterocycles. The van der Waals surface area contributed by atoms with E-state index in [0.717, 1.165) is 0 Å². The SMILES string of the molecule is CCOCC(C)(O)CCC(F)(F)F. The van der Waals surface area contributed by atoms with Crippen molar-refractivity contribution in [2.45, 2.75) is 38.5 Å². The minimum Gasteiger partial charge on any atom is -0.388 e. The molecule has 0 aromatic carbocycles. The van der Waals surface area contributed by atoms with Crippen LogP contribution in [0.2, 0.25) is 0 Å². The van der Waals surface area contributed by atoms with Crippen molar-refractivity contribution in [3.8, 4) is 0 Å². The van der Waals surface area contributed by atoms with Crippen molar-refractivity contribution < 1.29 is 23.0 Å². The second-order valence-corrected chi connectivity index (χ2v) is 3.25. The molecule has 0 heterocycles. The lowest BCUT2D eigenvalue weighted by Crippen LogP contribution is -2.32. The van der Waals surface area contributed by atoms with Crippen molar-refractivity contribution in [2.24, 2.45) is 0 Å². The van der Waals surface area contributed by atoms with Crippen LogP contribution in [0.1, 0.15) is 26.7 Å². The Morgan fingerprint density at radius 1 is 1.23 bits per heavy atom. The number of hydrogen-bond donors (Lipinski definition) is 1. The molecule has 0 radical (unpaired) electrons. The number of rotatable bonds is 5. The highest BCUT2D eigenvalue weighted by atomic mass is 19.4. The molecular weight excluding hydrogens is 185 g/mol. The maximum Gasteiger partial charge on any atom is 0.389 e.